The Labute approximate surface area is 149 Å². The van der Waals surface area contributed by atoms with Crippen LogP contribution in [0.2, 0.25) is 0 Å². The van der Waals surface area contributed by atoms with Crippen LogP contribution in [-0.2, 0) is 4.79 Å². The number of carbonyl (C=O) groups is 2. The Morgan fingerprint density at radius 2 is 1.92 bits per heavy atom. The van der Waals surface area contributed by atoms with Crippen molar-refractivity contribution in [1.29, 1.82) is 0 Å². The number of nitrogens with one attached hydrogen (secondary N) is 2. The smallest absolute Gasteiger partial charge is 0.234 e. The van der Waals surface area contributed by atoms with Crippen molar-refractivity contribution in [3.8, 4) is 0 Å². The molecule has 0 saturated heterocycles. The molecule has 128 valence electrons. The Morgan fingerprint density at radius 3 is 2.54 bits per heavy atom. The number of benzene rings is 1. The maximum absolute atomic E-state index is 12.0. The van der Waals surface area contributed by atoms with Crippen LogP contribution in [0.1, 0.15) is 31.1 Å². The minimum atomic E-state index is -0.123. The van der Waals surface area contributed by atoms with Gasteiger partial charge in [0.2, 0.25) is 11.0 Å². The number of hydrogen-bond donors (Lipinski definition) is 2. The zero-order valence-electron chi connectivity index (χ0n) is 13.8. The lowest BCUT2D eigenvalue weighted by atomic mass is 10.1. The van der Waals surface area contributed by atoms with Crippen LogP contribution >= 0.6 is 23.1 Å². The topological polar surface area (TPSA) is 84.0 Å². The summed E-state index contributed by atoms with van der Waals surface area (Å²) in [5.74, 6) is 0.669. The van der Waals surface area contributed by atoms with Gasteiger partial charge in [0.25, 0.3) is 0 Å². The van der Waals surface area contributed by atoms with Crippen molar-refractivity contribution in [3.05, 3.63) is 29.8 Å². The third-order valence-corrected chi connectivity index (χ3v) is 4.98. The van der Waals surface area contributed by atoms with E-state index in [0.717, 1.165) is 16.0 Å². The second kappa shape index (κ2) is 8.79. The van der Waals surface area contributed by atoms with Crippen molar-refractivity contribution < 1.29 is 9.59 Å². The minimum Gasteiger partial charge on any atom is -0.360 e. The number of ketones is 1. The van der Waals surface area contributed by atoms with Gasteiger partial charge in [0.15, 0.2) is 10.1 Å². The molecule has 0 aliphatic rings. The highest BCUT2D eigenvalue weighted by Crippen LogP contribution is 2.25. The van der Waals surface area contributed by atoms with Gasteiger partial charge in [-0.15, -0.1) is 10.2 Å². The monoisotopic (exact) mass is 364 g/mol. The van der Waals surface area contributed by atoms with Gasteiger partial charge < -0.3 is 10.6 Å². The number of nitrogens with zero attached hydrogens (tertiary/aromatic N) is 2. The maximum Gasteiger partial charge on any atom is 0.234 e. The Bertz CT molecular complexity index is 698. The number of carbonyl (C=O) groups excluding carboxylic acids is 2. The number of rotatable bonds is 8. The first-order valence-corrected chi connectivity index (χ1v) is 9.35. The molecule has 0 radical (unpaired) electrons. The van der Waals surface area contributed by atoms with E-state index in [1.807, 2.05) is 0 Å². The molecule has 0 saturated carbocycles. The molecular formula is C16H20N4O2S2. The van der Waals surface area contributed by atoms with Gasteiger partial charge in [0.1, 0.15) is 0 Å². The number of thioether (sulfide) groups is 1. The van der Waals surface area contributed by atoms with Gasteiger partial charge in [-0.1, -0.05) is 36.9 Å². The van der Waals surface area contributed by atoms with Crippen LogP contribution in [0, 0.1) is 5.92 Å². The van der Waals surface area contributed by atoms with Crippen molar-refractivity contribution in [2.75, 3.05) is 22.9 Å². The molecule has 0 unspecified atom stereocenters. The van der Waals surface area contributed by atoms with Crippen LogP contribution in [0.4, 0.5) is 10.8 Å². The predicted octanol–water partition coefficient (Wildman–Crippen LogP) is 3.54. The van der Waals surface area contributed by atoms with E-state index in [4.69, 9.17) is 0 Å². The Kier molecular flexibility index (Phi) is 6.74. The third kappa shape index (κ3) is 5.93. The average Bonchev–Trinajstić information content (AvgIpc) is 2.99. The number of Topliss-reactive ketones (excluding diaryl/α,β-unsaturated/α-hetero) is 1. The van der Waals surface area contributed by atoms with E-state index in [9.17, 15) is 9.59 Å². The van der Waals surface area contributed by atoms with Crippen molar-refractivity contribution in [1.82, 2.24) is 10.2 Å². The standard InChI is InChI=1S/C16H20N4O2S2/c1-10(2)8-17-15-19-20-16(24-15)23-9-14(22)18-13-6-4-12(5-7-13)11(3)21/h4-7,10H,8-9H2,1-3H3,(H,17,19)(H,18,22). The number of anilines is 2. The largest absolute Gasteiger partial charge is 0.360 e. The molecule has 0 spiro atoms. The summed E-state index contributed by atoms with van der Waals surface area (Å²) in [6.45, 7) is 6.60. The molecular weight excluding hydrogens is 344 g/mol. The van der Waals surface area contributed by atoms with E-state index in [2.05, 4.69) is 34.7 Å². The lowest BCUT2D eigenvalue weighted by Crippen LogP contribution is -2.14. The third-order valence-electron chi connectivity index (χ3n) is 2.97. The number of hydrogen-bond acceptors (Lipinski definition) is 7. The van der Waals surface area contributed by atoms with Crippen LogP contribution in [0.3, 0.4) is 0 Å². The van der Waals surface area contributed by atoms with Crippen LogP contribution in [0.15, 0.2) is 28.6 Å². The lowest BCUT2D eigenvalue weighted by molar-refractivity contribution is -0.113. The molecule has 1 aromatic carbocycles. The zero-order chi connectivity index (χ0) is 17.5. The zero-order valence-corrected chi connectivity index (χ0v) is 15.5. The quantitative estimate of drug-likeness (QED) is 0.550. The average molecular weight is 364 g/mol. The Hall–Kier alpha value is -1.93. The highest BCUT2D eigenvalue weighted by Gasteiger charge is 2.09. The summed E-state index contributed by atoms with van der Waals surface area (Å²) < 4.78 is 0.753. The first-order valence-electron chi connectivity index (χ1n) is 7.55. The fourth-order valence-corrected chi connectivity index (χ4v) is 3.30. The van der Waals surface area contributed by atoms with Gasteiger partial charge in [-0.05, 0) is 37.1 Å². The molecule has 1 amide bonds. The second-order valence-electron chi connectivity index (χ2n) is 5.62. The fraction of sp³-hybridized carbons (Fsp3) is 0.375. The van der Waals surface area contributed by atoms with Gasteiger partial charge in [-0.25, -0.2) is 0 Å². The van der Waals surface area contributed by atoms with Crippen LogP contribution in [0.25, 0.3) is 0 Å². The first-order chi connectivity index (χ1) is 11.4. The predicted molar refractivity (Wildman–Crippen MR) is 99.0 cm³/mol. The summed E-state index contributed by atoms with van der Waals surface area (Å²) in [6.07, 6.45) is 0. The molecule has 24 heavy (non-hydrogen) atoms. The second-order valence-corrected chi connectivity index (χ2v) is 7.82. The van der Waals surface area contributed by atoms with E-state index < -0.39 is 0 Å². The molecule has 0 bridgehead atoms. The van der Waals surface area contributed by atoms with Gasteiger partial charge in [0, 0.05) is 17.8 Å². The van der Waals surface area contributed by atoms with E-state index in [-0.39, 0.29) is 17.4 Å². The van der Waals surface area contributed by atoms with E-state index in [0.29, 0.717) is 17.2 Å². The molecule has 2 aromatic rings. The van der Waals surface area contributed by atoms with Crippen molar-refractivity contribution in [2.45, 2.75) is 25.1 Å². The molecule has 0 aliphatic carbocycles. The summed E-state index contributed by atoms with van der Waals surface area (Å²) in [5, 5.41) is 14.9. The molecule has 8 heteroatoms. The van der Waals surface area contributed by atoms with Crippen molar-refractivity contribution >= 4 is 45.6 Å². The Balaban J connectivity index is 1.79. The van der Waals surface area contributed by atoms with Crippen LogP contribution in [0.5, 0.6) is 0 Å². The molecule has 2 N–H and O–H groups in total. The summed E-state index contributed by atoms with van der Waals surface area (Å²) in [5.41, 5.74) is 1.29. The van der Waals surface area contributed by atoms with Crippen molar-refractivity contribution in [3.63, 3.8) is 0 Å². The molecule has 2 rings (SSSR count). The lowest BCUT2D eigenvalue weighted by Gasteiger charge is -2.05. The SMILES string of the molecule is CC(=O)c1ccc(NC(=O)CSc2nnc(NCC(C)C)s2)cc1. The molecule has 0 aliphatic heterocycles. The van der Waals surface area contributed by atoms with Crippen LogP contribution < -0.4 is 10.6 Å². The van der Waals surface area contributed by atoms with Gasteiger partial charge in [0.05, 0.1) is 5.75 Å². The summed E-state index contributed by atoms with van der Waals surface area (Å²) in [7, 11) is 0. The van der Waals surface area contributed by atoms with Gasteiger partial charge in [-0.2, -0.15) is 0 Å². The maximum atomic E-state index is 12.0. The van der Waals surface area contributed by atoms with E-state index in [1.165, 1.54) is 30.0 Å². The summed E-state index contributed by atoms with van der Waals surface area (Å²) >= 11 is 2.79. The summed E-state index contributed by atoms with van der Waals surface area (Å²) in [4.78, 5) is 23.2. The molecule has 1 aromatic heterocycles. The van der Waals surface area contributed by atoms with E-state index in [1.54, 1.807) is 24.3 Å². The number of aromatic nitrogens is 2. The van der Waals surface area contributed by atoms with Gasteiger partial charge >= 0.3 is 0 Å². The van der Waals surface area contributed by atoms with Gasteiger partial charge in [-0.3, -0.25) is 9.59 Å². The minimum absolute atomic E-state index is 0.00147. The molecule has 6 nitrogen and oxygen atoms in total. The highest BCUT2D eigenvalue weighted by molar-refractivity contribution is 8.01. The normalized spacial score (nSPS) is 10.7. The molecule has 0 atom stereocenters. The van der Waals surface area contributed by atoms with Crippen LogP contribution in [-0.4, -0.2) is 34.2 Å². The van der Waals surface area contributed by atoms with Crippen molar-refractivity contribution in [2.24, 2.45) is 5.92 Å². The fourth-order valence-electron chi connectivity index (χ4n) is 1.74. The molecule has 1 heterocycles. The highest BCUT2D eigenvalue weighted by atomic mass is 32.2. The Morgan fingerprint density at radius 1 is 1.21 bits per heavy atom. The summed E-state index contributed by atoms with van der Waals surface area (Å²) in [6, 6.07) is 6.83. The number of amides is 1. The van der Waals surface area contributed by atoms with E-state index >= 15 is 0 Å². The first kappa shape index (κ1) is 18.4. The molecule has 0 fully saturated rings.